The first-order chi connectivity index (χ1) is 13.4. The van der Waals surface area contributed by atoms with Gasteiger partial charge in [-0.1, -0.05) is 60.7 Å². The normalized spacial score (nSPS) is 12.8. The topological polar surface area (TPSA) is 99.5 Å². The van der Waals surface area contributed by atoms with Crippen LogP contribution in [0.1, 0.15) is 11.2 Å². The lowest BCUT2D eigenvalue weighted by Gasteiger charge is -2.20. The Kier molecular flexibility index (Phi) is 4.69. The van der Waals surface area contributed by atoms with Gasteiger partial charge in [0.2, 0.25) is 5.91 Å². The Morgan fingerprint density at radius 1 is 0.929 bits per heavy atom. The van der Waals surface area contributed by atoms with Crippen molar-refractivity contribution in [1.29, 1.82) is 0 Å². The maximum atomic E-state index is 12.9. The van der Waals surface area contributed by atoms with Gasteiger partial charge >= 0.3 is 7.60 Å². The van der Waals surface area contributed by atoms with Crippen LogP contribution in [0, 0.1) is 0 Å². The molecule has 1 atom stereocenters. The lowest BCUT2D eigenvalue weighted by Crippen LogP contribution is -2.21. The SMILES string of the molecule is O=C(Nc1cnc2ccccc2c1)C(c1cccc2ccccc12)P(=O)(O)O. The van der Waals surface area contributed by atoms with Crippen molar-refractivity contribution in [3.63, 3.8) is 0 Å². The third-order valence-electron chi connectivity index (χ3n) is 4.56. The number of nitrogens with one attached hydrogen (secondary N) is 1. The first-order valence-corrected chi connectivity index (χ1v) is 10.3. The van der Waals surface area contributed by atoms with Crippen molar-refractivity contribution in [2.45, 2.75) is 5.66 Å². The second-order valence-electron chi connectivity index (χ2n) is 6.47. The highest BCUT2D eigenvalue weighted by Crippen LogP contribution is 2.53. The summed E-state index contributed by atoms with van der Waals surface area (Å²) in [6.45, 7) is 0. The minimum atomic E-state index is -4.78. The molecule has 4 rings (SSSR count). The van der Waals surface area contributed by atoms with Gasteiger partial charge < -0.3 is 15.1 Å². The summed E-state index contributed by atoms with van der Waals surface area (Å²) >= 11 is 0. The number of aromatic nitrogens is 1. The molecule has 0 aliphatic carbocycles. The number of anilines is 1. The summed E-state index contributed by atoms with van der Waals surface area (Å²) in [5.74, 6) is -0.776. The average Bonchev–Trinajstić information content (AvgIpc) is 2.67. The van der Waals surface area contributed by atoms with Crippen LogP contribution in [0.4, 0.5) is 5.69 Å². The highest BCUT2D eigenvalue weighted by molar-refractivity contribution is 7.53. The molecule has 0 aliphatic rings. The Balaban J connectivity index is 1.75. The molecular weight excluding hydrogens is 375 g/mol. The van der Waals surface area contributed by atoms with Crippen LogP contribution in [0.25, 0.3) is 21.7 Å². The van der Waals surface area contributed by atoms with Gasteiger partial charge in [-0.25, -0.2) is 0 Å². The van der Waals surface area contributed by atoms with Gasteiger partial charge in [-0.3, -0.25) is 14.3 Å². The predicted molar refractivity (Wildman–Crippen MR) is 109 cm³/mol. The van der Waals surface area contributed by atoms with Gasteiger partial charge in [0, 0.05) is 5.39 Å². The molecule has 1 heterocycles. The molecule has 0 fully saturated rings. The van der Waals surface area contributed by atoms with Crippen LogP contribution in [0.5, 0.6) is 0 Å². The third kappa shape index (κ3) is 3.53. The number of hydrogen-bond donors (Lipinski definition) is 3. The number of amides is 1. The molecule has 1 amide bonds. The van der Waals surface area contributed by atoms with E-state index in [0.29, 0.717) is 11.1 Å². The van der Waals surface area contributed by atoms with Gasteiger partial charge in [0.1, 0.15) is 0 Å². The van der Waals surface area contributed by atoms with Crippen molar-refractivity contribution in [2.75, 3.05) is 5.32 Å². The van der Waals surface area contributed by atoms with Crippen molar-refractivity contribution in [2.24, 2.45) is 0 Å². The fourth-order valence-corrected chi connectivity index (χ4v) is 4.27. The second-order valence-corrected chi connectivity index (χ2v) is 8.16. The van der Waals surface area contributed by atoms with Gasteiger partial charge in [-0.05, 0) is 28.5 Å². The quantitative estimate of drug-likeness (QED) is 0.451. The predicted octanol–water partition coefficient (Wildman–Crippen LogP) is 4.25. The third-order valence-corrected chi connectivity index (χ3v) is 5.75. The minimum Gasteiger partial charge on any atom is -0.324 e. The van der Waals surface area contributed by atoms with E-state index < -0.39 is 19.2 Å². The van der Waals surface area contributed by atoms with Crippen molar-refractivity contribution >= 4 is 40.9 Å². The molecular formula is C21H17N2O4P. The highest BCUT2D eigenvalue weighted by atomic mass is 31.2. The molecule has 0 bridgehead atoms. The van der Waals surface area contributed by atoms with Crippen molar-refractivity contribution in [3.8, 4) is 0 Å². The number of para-hydroxylation sites is 1. The highest BCUT2D eigenvalue weighted by Gasteiger charge is 2.38. The van der Waals surface area contributed by atoms with E-state index in [4.69, 9.17) is 0 Å². The summed E-state index contributed by atoms with van der Waals surface area (Å²) in [5, 5.41) is 4.86. The molecule has 4 aromatic rings. The summed E-state index contributed by atoms with van der Waals surface area (Å²) in [6.07, 6.45) is 1.47. The Labute approximate surface area is 161 Å². The van der Waals surface area contributed by atoms with Gasteiger partial charge in [-0.15, -0.1) is 0 Å². The van der Waals surface area contributed by atoms with Crippen LogP contribution < -0.4 is 5.32 Å². The molecule has 0 radical (unpaired) electrons. The summed E-state index contributed by atoms with van der Waals surface area (Å²) in [4.78, 5) is 37.1. The van der Waals surface area contributed by atoms with E-state index in [1.54, 1.807) is 30.3 Å². The van der Waals surface area contributed by atoms with Crippen LogP contribution in [0.15, 0.2) is 79.0 Å². The number of nitrogens with zero attached hydrogens (tertiary/aromatic N) is 1. The molecule has 3 aromatic carbocycles. The van der Waals surface area contributed by atoms with Crippen molar-refractivity contribution in [1.82, 2.24) is 4.98 Å². The first kappa shape index (κ1) is 18.3. The Morgan fingerprint density at radius 2 is 1.61 bits per heavy atom. The first-order valence-electron chi connectivity index (χ1n) is 8.62. The standard InChI is InChI=1S/C21H17N2O4P/c24-21(23-16-12-15-7-2-4-11-19(15)22-13-16)20(28(25,26)27)18-10-5-8-14-6-1-3-9-17(14)18/h1-13,20H,(H,23,24)(H2,25,26,27). The van der Waals surface area contributed by atoms with E-state index in [-0.39, 0.29) is 5.56 Å². The van der Waals surface area contributed by atoms with E-state index in [1.807, 2.05) is 42.5 Å². The largest absolute Gasteiger partial charge is 0.342 e. The van der Waals surface area contributed by atoms with Crippen molar-refractivity contribution < 1.29 is 19.1 Å². The molecule has 3 N–H and O–H groups in total. The maximum absolute atomic E-state index is 12.9. The zero-order valence-electron chi connectivity index (χ0n) is 14.7. The summed E-state index contributed by atoms with van der Waals surface area (Å²) in [7, 11) is -4.78. The van der Waals surface area contributed by atoms with E-state index >= 15 is 0 Å². The Hall–Kier alpha value is -3.05. The van der Waals surface area contributed by atoms with Gasteiger partial charge in [-0.2, -0.15) is 0 Å². The lowest BCUT2D eigenvalue weighted by molar-refractivity contribution is -0.116. The number of pyridine rings is 1. The van der Waals surface area contributed by atoms with Gasteiger partial charge in [0.15, 0.2) is 5.66 Å². The van der Waals surface area contributed by atoms with Gasteiger partial charge in [0.25, 0.3) is 0 Å². The zero-order valence-corrected chi connectivity index (χ0v) is 15.6. The molecule has 28 heavy (non-hydrogen) atoms. The monoisotopic (exact) mass is 392 g/mol. The van der Waals surface area contributed by atoms with E-state index in [9.17, 15) is 19.1 Å². The van der Waals surface area contributed by atoms with Crippen LogP contribution in [0.2, 0.25) is 0 Å². The molecule has 1 aromatic heterocycles. The number of carbonyl (C=O) groups excluding carboxylic acids is 1. The number of benzene rings is 3. The van der Waals surface area contributed by atoms with Crippen molar-refractivity contribution in [3.05, 3.63) is 84.6 Å². The molecule has 140 valence electrons. The zero-order chi connectivity index (χ0) is 19.7. The minimum absolute atomic E-state index is 0.290. The molecule has 1 unspecified atom stereocenters. The van der Waals surface area contributed by atoms with Crippen LogP contribution in [-0.4, -0.2) is 20.7 Å². The summed E-state index contributed by atoms with van der Waals surface area (Å²) in [6, 6.07) is 21.4. The fourth-order valence-electron chi connectivity index (χ4n) is 3.31. The fraction of sp³-hybridized carbons (Fsp3) is 0.0476. The average molecular weight is 392 g/mol. The maximum Gasteiger partial charge on any atom is 0.342 e. The number of rotatable bonds is 4. The van der Waals surface area contributed by atoms with E-state index in [1.165, 1.54) is 6.20 Å². The Morgan fingerprint density at radius 3 is 2.39 bits per heavy atom. The molecule has 0 aliphatic heterocycles. The molecule has 0 saturated heterocycles. The number of carbonyl (C=O) groups is 1. The van der Waals surface area contributed by atoms with E-state index in [0.717, 1.165) is 16.3 Å². The summed E-state index contributed by atoms with van der Waals surface area (Å²) < 4.78 is 12.2. The van der Waals surface area contributed by atoms with Crippen LogP contribution in [-0.2, 0) is 9.36 Å². The van der Waals surface area contributed by atoms with E-state index in [2.05, 4.69) is 10.3 Å². The molecule has 0 saturated carbocycles. The van der Waals surface area contributed by atoms with Crippen LogP contribution >= 0.6 is 7.60 Å². The molecule has 7 heteroatoms. The summed E-state index contributed by atoms with van der Waals surface area (Å²) in [5.41, 5.74) is -0.189. The molecule has 6 nitrogen and oxygen atoms in total. The Bertz CT molecular complexity index is 1230. The lowest BCUT2D eigenvalue weighted by atomic mass is 10.0. The van der Waals surface area contributed by atoms with Gasteiger partial charge in [0.05, 0.1) is 17.4 Å². The second kappa shape index (κ2) is 7.17. The smallest absolute Gasteiger partial charge is 0.324 e. The molecule has 0 spiro atoms. The number of hydrogen-bond acceptors (Lipinski definition) is 3. The number of fused-ring (bicyclic) bond motifs is 2. The van der Waals surface area contributed by atoms with Crippen LogP contribution in [0.3, 0.4) is 0 Å².